The van der Waals surface area contributed by atoms with E-state index >= 15 is 0 Å². The van der Waals surface area contributed by atoms with Crippen molar-refractivity contribution < 1.29 is 9.18 Å². The lowest BCUT2D eigenvalue weighted by molar-refractivity contribution is 0.102. The lowest BCUT2D eigenvalue weighted by Gasteiger charge is -2.07. The van der Waals surface area contributed by atoms with E-state index in [1.54, 1.807) is 12.1 Å². The molecule has 2 aromatic rings. The van der Waals surface area contributed by atoms with Crippen LogP contribution in [0.5, 0.6) is 0 Å². The monoisotopic (exact) mass is 308 g/mol. The third-order valence-electron chi connectivity index (χ3n) is 2.32. The third-order valence-corrected chi connectivity index (χ3v) is 3.01. The predicted octanol–water partition coefficient (Wildman–Crippen LogP) is 3.54. The molecule has 0 aliphatic rings. The van der Waals surface area contributed by atoms with E-state index in [0.29, 0.717) is 10.0 Å². The number of nitrogens with one attached hydrogen (secondary N) is 1. The number of aromatic nitrogens is 1. The molecule has 18 heavy (non-hydrogen) atoms. The van der Waals surface area contributed by atoms with Gasteiger partial charge in [0.15, 0.2) is 0 Å². The lowest BCUT2D eigenvalue weighted by Crippen LogP contribution is -2.14. The van der Waals surface area contributed by atoms with Gasteiger partial charge in [-0.1, -0.05) is 17.7 Å². The van der Waals surface area contributed by atoms with Gasteiger partial charge in [0.1, 0.15) is 5.82 Å². The van der Waals surface area contributed by atoms with Crippen LogP contribution in [0.4, 0.5) is 10.2 Å². The molecular formula is C13H10BrFN2O. The Morgan fingerprint density at radius 2 is 2.11 bits per heavy atom. The summed E-state index contributed by atoms with van der Waals surface area (Å²) >= 11 is 3.30. The van der Waals surface area contributed by atoms with E-state index in [4.69, 9.17) is 0 Å². The Kier molecular flexibility index (Phi) is 3.72. The summed E-state index contributed by atoms with van der Waals surface area (Å²) in [5, 5.41) is 2.55. The Hall–Kier alpha value is -1.75. The predicted molar refractivity (Wildman–Crippen MR) is 71.0 cm³/mol. The van der Waals surface area contributed by atoms with Crippen LogP contribution in [0.2, 0.25) is 0 Å². The van der Waals surface area contributed by atoms with Gasteiger partial charge in [0.2, 0.25) is 5.95 Å². The van der Waals surface area contributed by atoms with E-state index in [1.807, 2.05) is 13.0 Å². The van der Waals surface area contributed by atoms with Crippen molar-refractivity contribution in [1.82, 2.24) is 4.98 Å². The van der Waals surface area contributed by atoms with Crippen LogP contribution in [-0.4, -0.2) is 10.9 Å². The van der Waals surface area contributed by atoms with Gasteiger partial charge in [0.25, 0.3) is 5.91 Å². The molecule has 92 valence electrons. The molecule has 0 aliphatic carbocycles. The molecule has 1 amide bonds. The maximum Gasteiger partial charge on any atom is 0.257 e. The first-order valence-corrected chi connectivity index (χ1v) is 6.05. The van der Waals surface area contributed by atoms with E-state index in [1.165, 1.54) is 18.2 Å². The minimum atomic E-state index is -0.629. The van der Waals surface area contributed by atoms with Crippen molar-refractivity contribution in [1.29, 1.82) is 0 Å². The summed E-state index contributed by atoms with van der Waals surface area (Å²) in [6.45, 7) is 1.89. The van der Waals surface area contributed by atoms with Gasteiger partial charge in [-0.3, -0.25) is 4.79 Å². The molecule has 0 fully saturated rings. The number of carbonyl (C=O) groups is 1. The normalized spacial score (nSPS) is 10.2. The summed E-state index contributed by atoms with van der Waals surface area (Å²) in [7, 11) is 0. The average Bonchev–Trinajstić information content (AvgIpc) is 2.32. The zero-order valence-corrected chi connectivity index (χ0v) is 11.2. The van der Waals surface area contributed by atoms with Crippen LogP contribution >= 0.6 is 15.9 Å². The minimum Gasteiger partial charge on any atom is -0.306 e. The second kappa shape index (κ2) is 5.27. The Balaban J connectivity index is 2.24. The number of aryl methyl sites for hydroxylation is 1. The summed E-state index contributed by atoms with van der Waals surface area (Å²) in [5.41, 5.74) is 1.46. The van der Waals surface area contributed by atoms with Crippen LogP contribution in [-0.2, 0) is 0 Å². The van der Waals surface area contributed by atoms with Gasteiger partial charge >= 0.3 is 0 Å². The standard InChI is InChI=1S/C13H10BrFN2O/c1-8-5-6-10(14)9(7-8)13(18)17-12-4-2-3-11(15)16-12/h2-7H,1H3,(H,16,17,18). The quantitative estimate of drug-likeness (QED) is 0.862. The molecule has 1 heterocycles. The number of benzene rings is 1. The Labute approximate surface area is 112 Å². The Bertz CT molecular complexity index is 601. The number of anilines is 1. The van der Waals surface area contributed by atoms with E-state index < -0.39 is 5.95 Å². The number of carbonyl (C=O) groups excluding carboxylic acids is 1. The van der Waals surface area contributed by atoms with Crippen molar-refractivity contribution in [3.63, 3.8) is 0 Å². The average molecular weight is 309 g/mol. The maximum absolute atomic E-state index is 12.9. The van der Waals surface area contributed by atoms with E-state index in [-0.39, 0.29) is 11.7 Å². The van der Waals surface area contributed by atoms with Gasteiger partial charge in [-0.25, -0.2) is 4.98 Å². The molecule has 5 heteroatoms. The van der Waals surface area contributed by atoms with Crippen molar-refractivity contribution in [2.24, 2.45) is 0 Å². The van der Waals surface area contributed by atoms with Gasteiger partial charge in [0.05, 0.1) is 5.56 Å². The van der Waals surface area contributed by atoms with Crippen molar-refractivity contribution in [3.05, 3.63) is 57.9 Å². The fourth-order valence-electron chi connectivity index (χ4n) is 1.47. The molecule has 0 saturated carbocycles. The van der Waals surface area contributed by atoms with Crippen LogP contribution in [0, 0.1) is 12.9 Å². The molecule has 1 N–H and O–H groups in total. The second-order valence-electron chi connectivity index (χ2n) is 3.78. The van der Waals surface area contributed by atoms with Gasteiger partial charge < -0.3 is 5.32 Å². The first-order valence-electron chi connectivity index (χ1n) is 5.26. The molecule has 0 unspecified atom stereocenters. The number of halogens is 2. The summed E-state index contributed by atoms with van der Waals surface area (Å²) in [6.07, 6.45) is 0. The van der Waals surface area contributed by atoms with Gasteiger partial charge in [-0.15, -0.1) is 0 Å². The second-order valence-corrected chi connectivity index (χ2v) is 4.64. The minimum absolute atomic E-state index is 0.188. The highest BCUT2D eigenvalue weighted by Crippen LogP contribution is 2.19. The first kappa shape index (κ1) is 12.7. The van der Waals surface area contributed by atoms with Crippen LogP contribution in [0.3, 0.4) is 0 Å². The molecular weight excluding hydrogens is 299 g/mol. The summed E-state index contributed by atoms with van der Waals surface area (Å²) in [4.78, 5) is 15.6. The summed E-state index contributed by atoms with van der Waals surface area (Å²) in [5.74, 6) is -0.770. The molecule has 1 aromatic heterocycles. The molecule has 0 radical (unpaired) electrons. The third kappa shape index (κ3) is 2.92. The maximum atomic E-state index is 12.9. The first-order chi connectivity index (χ1) is 8.56. The zero-order valence-electron chi connectivity index (χ0n) is 9.58. The molecule has 3 nitrogen and oxygen atoms in total. The van der Waals surface area contributed by atoms with Gasteiger partial charge in [0, 0.05) is 4.47 Å². The topological polar surface area (TPSA) is 42.0 Å². The summed E-state index contributed by atoms with van der Waals surface area (Å²) < 4.78 is 13.6. The SMILES string of the molecule is Cc1ccc(Br)c(C(=O)Nc2cccc(F)n2)c1. The molecule has 2 rings (SSSR count). The molecule has 0 atom stereocenters. The van der Waals surface area contributed by atoms with Crippen molar-refractivity contribution in [2.75, 3.05) is 5.32 Å². The van der Waals surface area contributed by atoms with Crippen molar-refractivity contribution in [2.45, 2.75) is 6.92 Å². The molecule has 0 spiro atoms. The number of nitrogens with zero attached hydrogens (tertiary/aromatic N) is 1. The van der Waals surface area contributed by atoms with Crippen LogP contribution in [0.25, 0.3) is 0 Å². The highest BCUT2D eigenvalue weighted by Gasteiger charge is 2.11. The zero-order chi connectivity index (χ0) is 13.1. The lowest BCUT2D eigenvalue weighted by atomic mass is 10.1. The van der Waals surface area contributed by atoms with E-state index in [9.17, 15) is 9.18 Å². The Morgan fingerprint density at radius 3 is 2.83 bits per heavy atom. The number of hydrogen-bond acceptors (Lipinski definition) is 2. The van der Waals surface area contributed by atoms with Crippen LogP contribution in [0.15, 0.2) is 40.9 Å². The smallest absolute Gasteiger partial charge is 0.257 e. The fourth-order valence-corrected chi connectivity index (χ4v) is 1.90. The molecule has 0 saturated heterocycles. The fraction of sp³-hybridized carbons (Fsp3) is 0.0769. The Morgan fingerprint density at radius 1 is 1.33 bits per heavy atom. The number of hydrogen-bond donors (Lipinski definition) is 1. The summed E-state index contributed by atoms with van der Waals surface area (Å²) in [6, 6.07) is 9.68. The number of amides is 1. The number of pyridine rings is 1. The van der Waals surface area contributed by atoms with Crippen molar-refractivity contribution in [3.8, 4) is 0 Å². The number of rotatable bonds is 2. The van der Waals surface area contributed by atoms with Gasteiger partial charge in [-0.2, -0.15) is 4.39 Å². The molecule has 1 aromatic carbocycles. The van der Waals surface area contributed by atoms with Crippen LogP contribution < -0.4 is 5.32 Å². The molecule has 0 bridgehead atoms. The van der Waals surface area contributed by atoms with E-state index in [2.05, 4.69) is 26.2 Å². The van der Waals surface area contributed by atoms with E-state index in [0.717, 1.165) is 5.56 Å². The highest BCUT2D eigenvalue weighted by molar-refractivity contribution is 9.10. The molecule has 0 aliphatic heterocycles. The van der Waals surface area contributed by atoms with Crippen LogP contribution in [0.1, 0.15) is 15.9 Å². The van der Waals surface area contributed by atoms with Crippen molar-refractivity contribution >= 4 is 27.7 Å². The highest BCUT2D eigenvalue weighted by atomic mass is 79.9. The largest absolute Gasteiger partial charge is 0.306 e. The van der Waals surface area contributed by atoms with Gasteiger partial charge in [-0.05, 0) is 47.1 Å².